The van der Waals surface area contributed by atoms with Gasteiger partial charge in [0.05, 0.1) is 12.7 Å². The Hall–Kier alpha value is -0.890. The molecule has 2 aliphatic heterocycles. The van der Waals surface area contributed by atoms with E-state index < -0.39 is 74.0 Å². The highest BCUT2D eigenvalue weighted by atomic mass is 16.7. The van der Waals surface area contributed by atoms with Crippen LogP contribution in [-0.2, 0) is 23.7 Å². The molecule has 146 valence electrons. The molecule has 2 heterocycles. The molecule has 0 saturated carbocycles. The van der Waals surface area contributed by atoms with Gasteiger partial charge in [0.2, 0.25) is 0 Å². The van der Waals surface area contributed by atoms with Crippen LogP contribution in [0.3, 0.4) is 0 Å². The number of carbonyl (C=O) groups excluding carboxylic acids is 1. The number of esters is 1. The average Bonchev–Trinajstić information content (AvgIpc) is 2.55. The van der Waals surface area contributed by atoms with Crippen LogP contribution in [0.15, 0.2) is 0 Å². The molecule has 0 radical (unpaired) electrons. The first-order valence-corrected chi connectivity index (χ1v) is 7.82. The van der Waals surface area contributed by atoms with Crippen LogP contribution in [0.25, 0.3) is 0 Å². The van der Waals surface area contributed by atoms with Gasteiger partial charge in [-0.25, -0.2) is 0 Å². The van der Waals surface area contributed by atoms with Crippen LogP contribution in [0.2, 0.25) is 0 Å². The van der Waals surface area contributed by atoms with E-state index in [0.29, 0.717) is 0 Å². The van der Waals surface area contributed by atoms with Gasteiger partial charge in [0, 0.05) is 6.92 Å². The molecule has 2 saturated heterocycles. The molecule has 2 fully saturated rings. The number of hydrogen-bond acceptors (Lipinski definition) is 11. The second-order valence-electron chi connectivity index (χ2n) is 6.09. The fraction of sp³-hybridized carbons (Fsp3) is 0.929. The highest BCUT2D eigenvalue weighted by molar-refractivity contribution is 5.66. The van der Waals surface area contributed by atoms with Crippen LogP contribution >= 0.6 is 0 Å². The summed E-state index contributed by atoms with van der Waals surface area (Å²) >= 11 is 0. The van der Waals surface area contributed by atoms with Gasteiger partial charge in [-0.15, -0.1) is 0 Å². The maximum absolute atomic E-state index is 11.2. The van der Waals surface area contributed by atoms with Crippen molar-refractivity contribution in [2.24, 2.45) is 0 Å². The van der Waals surface area contributed by atoms with Crippen molar-refractivity contribution in [3.8, 4) is 0 Å². The largest absolute Gasteiger partial charge is 0.454 e. The third-order valence-corrected chi connectivity index (χ3v) is 4.22. The Kier molecular flexibility index (Phi) is 6.70. The number of carbonyl (C=O) groups is 1. The van der Waals surface area contributed by atoms with Gasteiger partial charge in [0.15, 0.2) is 18.7 Å². The van der Waals surface area contributed by atoms with Crippen LogP contribution in [0.1, 0.15) is 13.8 Å². The zero-order valence-corrected chi connectivity index (χ0v) is 13.7. The summed E-state index contributed by atoms with van der Waals surface area (Å²) in [6.45, 7) is 1.87. The molecule has 25 heavy (non-hydrogen) atoms. The Morgan fingerprint density at radius 2 is 1.60 bits per heavy atom. The van der Waals surface area contributed by atoms with Gasteiger partial charge in [-0.2, -0.15) is 0 Å². The summed E-state index contributed by atoms with van der Waals surface area (Å²) < 4.78 is 20.6. The van der Waals surface area contributed by atoms with Gasteiger partial charge in [0.1, 0.15) is 36.6 Å². The Balaban J connectivity index is 2.19. The van der Waals surface area contributed by atoms with E-state index >= 15 is 0 Å². The van der Waals surface area contributed by atoms with Crippen molar-refractivity contribution in [3.63, 3.8) is 0 Å². The zero-order chi connectivity index (χ0) is 18.9. The third kappa shape index (κ3) is 4.27. The number of aliphatic hydroxyl groups is 6. The lowest BCUT2D eigenvalue weighted by atomic mass is 9.97. The Labute approximate surface area is 143 Å². The lowest BCUT2D eigenvalue weighted by Gasteiger charge is -2.45. The van der Waals surface area contributed by atoms with Crippen LogP contribution < -0.4 is 0 Å². The molecule has 6 N–H and O–H groups in total. The SMILES string of the molecule is CC(=O)O[C@H]1[C@H](O[C@@H]2[C@@H](O)[C@H](O)O[C@H](CO)[C@H]2O)O[C@@H](C)[C@@H](O)[C@H]1O. The second-order valence-corrected chi connectivity index (χ2v) is 6.09. The molecule has 0 spiro atoms. The molecular weight excluding hydrogens is 344 g/mol. The smallest absolute Gasteiger partial charge is 0.303 e. The molecule has 2 aliphatic rings. The van der Waals surface area contributed by atoms with Crippen molar-refractivity contribution < 1.29 is 54.4 Å². The predicted octanol–water partition coefficient (Wildman–Crippen LogP) is -3.80. The monoisotopic (exact) mass is 368 g/mol. The molecule has 11 nitrogen and oxygen atoms in total. The standard InChI is InChI=1S/C14H24O11/c1-4-7(17)9(19)12(23-5(2)16)14(22-4)25-11-8(18)6(3-15)24-13(21)10(11)20/h4,6-15,17-21H,3H2,1-2H3/t4-,6+,7+,8+,9+,10+,11-,12+,13+,14-/m0/s1. The van der Waals surface area contributed by atoms with E-state index in [0.717, 1.165) is 6.92 Å². The summed E-state index contributed by atoms with van der Waals surface area (Å²) in [6.07, 6.45) is -14.4. The summed E-state index contributed by atoms with van der Waals surface area (Å²) in [5.74, 6) is -0.774. The van der Waals surface area contributed by atoms with Gasteiger partial charge in [0.25, 0.3) is 0 Å². The van der Waals surface area contributed by atoms with Crippen LogP contribution in [0.4, 0.5) is 0 Å². The van der Waals surface area contributed by atoms with Gasteiger partial charge >= 0.3 is 5.97 Å². The molecule has 0 amide bonds. The highest BCUT2D eigenvalue weighted by Gasteiger charge is 2.51. The van der Waals surface area contributed by atoms with E-state index in [9.17, 15) is 35.4 Å². The molecular formula is C14H24O11. The first-order chi connectivity index (χ1) is 11.7. The third-order valence-electron chi connectivity index (χ3n) is 4.22. The summed E-state index contributed by atoms with van der Waals surface area (Å²) in [4.78, 5) is 11.2. The van der Waals surface area contributed by atoms with Gasteiger partial charge in [-0.3, -0.25) is 4.79 Å². The summed E-state index contributed by atoms with van der Waals surface area (Å²) in [5, 5.41) is 58.9. The molecule has 2 rings (SSSR count). The van der Waals surface area contributed by atoms with E-state index in [1.165, 1.54) is 6.92 Å². The summed E-state index contributed by atoms with van der Waals surface area (Å²) in [7, 11) is 0. The Bertz CT molecular complexity index is 460. The van der Waals surface area contributed by atoms with Crippen LogP contribution in [-0.4, -0.2) is 105 Å². The molecule has 10 atom stereocenters. The zero-order valence-electron chi connectivity index (χ0n) is 13.7. The van der Waals surface area contributed by atoms with E-state index in [2.05, 4.69) is 0 Å². The minimum Gasteiger partial charge on any atom is -0.454 e. The van der Waals surface area contributed by atoms with E-state index in [4.69, 9.17) is 18.9 Å². The van der Waals surface area contributed by atoms with Crippen molar-refractivity contribution in [1.82, 2.24) is 0 Å². The first kappa shape index (κ1) is 20.4. The molecule has 0 aromatic rings. The number of ether oxygens (including phenoxy) is 4. The minimum absolute atomic E-state index is 0.651. The van der Waals surface area contributed by atoms with E-state index in [1.54, 1.807) is 0 Å². The van der Waals surface area contributed by atoms with Crippen molar-refractivity contribution in [2.75, 3.05) is 6.61 Å². The Morgan fingerprint density at radius 3 is 2.16 bits per heavy atom. The van der Waals surface area contributed by atoms with Crippen molar-refractivity contribution in [2.45, 2.75) is 75.3 Å². The number of rotatable bonds is 4. The molecule has 0 aromatic carbocycles. The molecule has 0 bridgehead atoms. The minimum atomic E-state index is -1.74. The average molecular weight is 368 g/mol. The fourth-order valence-corrected chi connectivity index (χ4v) is 2.81. The lowest BCUT2D eigenvalue weighted by Crippen LogP contribution is -2.64. The Morgan fingerprint density at radius 1 is 0.960 bits per heavy atom. The normalized spacial score (nSPS) is 48.2. The first-order valence-electron chi connectivity index (χ1n) is 7.82. The van der Waals surface area contributed by atoms with Crippen molar-refractivity contribution >= 4 is 5.97 Å². The van der Waals surface area contributed by atoms with Crippen molar-refractivity contribution in [3.05, 3.63) is 0 Å². The quantitative estimate of drug-likeness (QED) is 0.268. The summed E-state index contributed by atoms with van der Waals surface area (Å²) in [5.41, 5.74) is 0. The maximum Gasteiger partial charge on any atom is 0.303 e. The van der Waals surface area contributed by atoms with Crippen molar-refractivity contribution in [1.29, 1.82) is 0 Å². The maximum atomic E-state index is 11.2. The molecule has 11 heteroatoms. The van der Waals surface area contributed by atoms with Gasteiger partial charge in [-0.1, -0.05) is 0 Å². The molecule has 0 aromatic heterocycles. The molecule has 0 aliphatic carbocycles. The fourth-order valence-electron chi connectivity index (χ4n) is 2.81. The second kappa shape index (κ2) is 8.20. The van der Waals surface area contributed by atoms with Gasteiger partial charge < -0.3 is 49.6 Å². The van der Waals surface area contributed by atoms with E-state index in [-0.39, 0.29) is 0 Å². The van der Waals surface area contributed by atoms with Crippen LogP contribution in [0.5, 0.6) is 0 Å². The highest BCUT2D eigenvalue weighted by Crippen LogP contribution is 2.29. The number of hydrogen-bond donors (Lipinski definition) is 6. The van der Waals surface area contributed by atoms with Crippen LogP contribution in [0, 0.1) is 0 Å². The lowest BCUT2D eigenvalue weighted by molar-refractivity contribution is -0.353. The number of aliphatic hydroxyl groups excluding tert-OH is 6. The van der Waals surface area contributed by atoms with Gasteiger partial charge in [-0.05, 0) is 6.92 Å². The molecule has 0 unspecified atom stereocenters. The van der Waals surface area contributed by atoms with E-state index in [1.807, 2.05) is 0 Å². The summed E-state index contributed by atoms with van der Waals surface area (Å²) in [6, 6.07) is 0. The topological polar surface area (TPSA) is 175 Å². The predicted molar refractivity (Wildman–Crippen MR) is 76.8 cm³/mol.